The van der Waals surface area contributed by atoms with Crippen molar-refractivity contribution in [2.75, 3.05) is 40.1 Å². The molecule has 0 aromatic rings. The van der Waals surface area contributed by atoms with Crippen LogP contribution in [0, 0.1) is 5.92 Å². The average Bonchev–Trinajstić information content (AvgIpc) is 3.09. The van der Waals surface area contributed by atoms with Gasteiger partial charge in [-0.3, -0.25) is 15.0 Å². The van der Waals surface area contributed by atoms with Crippen LogP contribution in [-0.2, 0) is 19.0 Å². The van der Waals surface area contributed by atoms with E-state index in [-0.39, 0.29) is 25.0 Å². The van der Waals surface area contributed by atoms with Gasteiger partial charge in [-0.2, -0.15) is 0 Å². The summed E-state index contributed by atoms with van der Waals surface area (Å²) < 4.78 is 16.8. The van der Waals surface area contributed by atoms with Crippen molar-refractivity contribution in [2.45, 2.75) is 57.7 Å². The molecule has 0 aromatic heterocycles. The number of aliphatic hydroxyl groups is 1. The van der Waals surface area contributed by atoms with Crippen molar-refractivity contribution in [3.8, 4) is 0 Å². The van der Waals surface area contributed by atoms with E-state index < -0.39 is 11.1 Å². The van der Waals surface area contributed by atoms with Gasteiger partial charge >= 0.3 is 0 Å². The molecule has 150 valence electrons. The number of nitrogens with zero attached hydrogens (tertiary/aromatic N) is 1. The molecule has 0 spiro atoms. The summed E-state index contributed by atoms with van der Waals surface area (Å²) in [6, 6.07) is 0.335. The summed E-state index contributed by atoms with van der Waals surface area (Å²) >= 11 is 0. The number of amides is 1. The van der Waals surface area contributed by atoms with E-state index >= 15 is 0 Å². The topological polar surface area (TPSA) is 80.3 Å². The lowest BCUT2D eigenvalue weighted by Gasteiger charge is -2.41. The van der Waals surface area contributed by atoms with Crippen molar-refractivity contribution in [1.29, 1.82) is 0 Å². The second kappa shape index (κ2) is 8.69. The fourth-order valence-electron chi connectivity index (χ4n) is 3.31. The predicted molar refractivity (Wildman–Crippen MR) is 98.5 cm³/mol. The van der Waals surface area contributed by atoms with E-state index in [1.54, 1.807) is 0 Å². The Kier molecular flexibility index (Phi) is 7.07. The monoisotopic (exact) mass is 370 g/mol. The van der Waals surface area contributed by atoms with Crippen molar-refractivity contribution >= 4 is 5.91 Å². The van der Waals surface area contributed by atoms with Crippen molar-refractivity contribution in [1.82, 2.24) is 10.2 Å². The van der Waals surface area contributed by atoms with Gasteiger partial charge in [0.1, 0.15) is 0 Å². The number of hydrogen-bond acceptors (Lipinski definition) is 6. The Morgan fingerprint density at radius 3 is 2.62 bits per heavy atom. The smallest absolute Gasteiger partial charge is 0.246 e. The van der Waals surface area contributed by atoms with Gasteiger partial charge in [-0.05, 0) is 53.7 Å². The quantitative estimate of drug-likeness (QED) is 0.670. The van der Waals surface area contributed by atoms with Crippen molar-refractivity contribution in [2.24, 2.45) is 5.92 Å². The molecule has 1 fully saturated rings. The third-order valence-electron chi connectivity index (χ3n) is 5.64. The van der Waals surface area contributed by atoms with Crippen LogP contribution in [-0.4, -0.2) is 73.2 Å². The molecule has 2 N–H and O–H groups in total. The van der Waals surface area contributed by atoms with Gasteiger partial charge in [0, 0.05) is 25.2 Å². The lowest BCUT2D eigenvalue weighted by molar-refractivity contribution is -0.133. The van der Waals surface area contributed by atoms with Gasteiger partial charge in [0.25, 0.3) is 0 Å². The summed E-state index contributed by atoms with van der Waals surface area (Å²) in [6.45, 7) is 9.97. The fourth-order valence-corrected chi connectivity index (χ4v) is 3.31. The number of hydrogen-bond donors (Lipinski definition) is 2. The molecule has 1 atom stereocenters. The Morgan fingerprint density at radius 1 is 1.35 bits per heavy atom. The van der Waals surface area contributed by atoms with E-state index in [2.05, 4.69) is 10.2 Å². The molecule has 26 heavy (non-hydrogen) atoms. The molecule has 1 unspecified atom stereocenters. The van der Waals surface area contributed by atoms with Crippen molar-refractivity contribution < 1.29 is 24.1 Å². The zero-order valence-electron chi connectivity index (χ0n) is 16.7. The van der Waals surface area contributed by atoms with Crippen LogP contribution >= 0.6 is 0 Å². The number of ether oxygens (including phenoxy) is 3. The van der Waals surface area contributed by atoms with Gasteiger partial charge in [0.05, 0.1) is 31.0 Å². The molecule has 1 saturated heterocycles. The second-order valence-corrected chi connectivity index (χ2v) is 8.09. The van der Waals surface area contributed by atoms with Crippen LogP contribution in [0.1, 0.15) is 40.5 Å². The van der Waals surface area contributed by atoms with Gasteiger partial charge in [-0.1, -0.05) is 0 Å². The molecule has 0 aromatic carbocycles. The maximum absolute atomic E-state index is 12.9. The Labute approximate surface area is 156 Å². The summed E-state index contributed by atoms with van der Waals surface area (Å²) in [5, 5.41) is 11.9. The molecule has 2 rings (SSSR count). The number of likely N-dealkylation sites (N-methyl/N-ethyl adjacent to an activating group) is 1. The predicted octanol–water partition coefficient (Wildman–Crippen LogP) is 1.27. The summed E-state index contributed by atoms with van der Waals surface area (Å²) in [4.78, 5) is 15.0. The van der Waals surface area contributed by atoms with Gasteiger partial charge in [0.15, 0.2) is 5.88 Å². The highest BCUT2D eigenvalue weighted by Crippen LogP contribution is 2.29. The lowest BCUT2D eigenvalue weighted by atomic mass is 9.92. The van der Waals surface area contributed by atoms with Crippen LogP contribution in [0.4, 0.5) is 0 Å². The highest BCUT2D eigenvalue weighted by atomic mass is 16.5. The molecular formula is C19H34N2O5. The maximum Gasteiger partial charge on any atom is 0.246 e. The first kappa shape index (κ1) is 21.2. The van der Waals surface area contributed by atoms with Crippen LogP contribution in [0.2, 0.25) is 0 Å². The van der Waals surface area contributed by atoms with Crippen molar-refractivity contribution in [3.63, 3.8) is 0 Å². The largest absolute Gasteiger partial charge is 0.478 e. The molecule has 7 heteroatoms. The van der Waals surface area contributed by atoms with Gasteiger partial charge in [0.2, 0.25) is 5.91 Å². The third kappa shape index (κ3) is 4.97. The van der Waals surface area contributed by atoms with E-state index in [1.807, 2.05) is 40.8 Å². The van der Waals surface area contributed by atoms with Crippen LogP contribution < -0.4 is 5.32 Å². The normalized spacial score (nSPS) is 22.3. The van der Waals surface area contributed by atoms with Gasteiger partial charge < -0.3 is 19.3 Å². The Balaban J connectivity index is 1.96. The molecule has 0 aliphatic carbocycles. The maximum atomic E-state index is 12.9. The van der Waals surface area contributed by atoms with E-state index in [9.17, 15) is 4.79 Å². The van der Waals surface area contributed by atoms with Crippen molar-refractivity contribution in [3.05, 3.63) is 12.0 Å². The summed E-state index contributed by atoms with van der Waals surface area (Å²) in [5.41, 5.74) is -1.13. The van der Waals surface area contributed by atoms with Crippen LogP contribution in [0.15, 0.2) is 12.0 Å². The zero-order valence-corrected chi connectivity index (χ0v) is 16.7. The molecule has 2 heterocycles. The first-order valence-electron chi connectivity index (χ1n) is 9.40. The van der Waals surface area contributed by atoms with Crippen LogP contribution in [0.5, 0.6) is 0 Å². The van der Waals surface area contributed by atoms with Gasteiger partial charge in [-0.15, -0.1) is 0 Å². The Bertz CT molecular complexity index is 512. The highest BCUT2D eigenvalue weighted by Gasteiger charge is 2.39. The molecule has 7 nitrogen and oxygen atoms in total. The third-order valence-corrected chi connectivity index (χ3v) is 5.64. The molecule has 2 aliphatic rings. The molecular weight excluding hydrogens is 336 g/mol. The number of rotatable bonds is 8. The Hall–Kier alpha value is -1.15. The minimum atomic E-state index is -0.660. The SMILES string of the molecule is CN(C1CCOCC1)C(C)(C)C(=O)NC1=CC(C(C)(C)OCCO)CO1. The number of carbonyl (C=O) groups excluding carboxylic acids is 1. The van der Waals surface area contributed by atoms with E-state index in [0.29, 0.717) is 18.5 Å². The minimum Gasteiger partial charge on any atom is -0.478 e. The van der Waals surface area contributed by atoms with E-state index in [0.717, 1.165) is 26.1 Å². The minimum absolute atomic E-state index is 0.0145. The number of nitrogens with one attached hydrogen (secondary N) is 1. The molecule has 0 bridgehead atoms. The molecule has 2 aliphatic heterocycles. The fraction of sp³-hybridized carbons (Fsp3) is 0.842. The van der Waals surface area contributed by atoms with Crippen LogP contribution in [0.3, 0.4) is 0 Å². The summed E-state index contributed by atoms with van der Waals surface area (Å²) in [5.74, 6) is 0.405. The van der Waals surface area contributed by atoms with Gasteiger partial charge in [-0.25, -0.2) is 0 Å². The Morgan fingerprint density at radius 2 is 2.00 bits per heavy atom. The lowest BCUT2D eigenvalue weighted by Crippen LogP contribution is -2.57. The molecule has 1 amide bonds. The summed E-state index contributed by atoms with van der Waals surface area (Å²) in [7, 11) is 1.99. The van der Waals surface area contributed by atoms with E-state index in [1.165, 1.54) is 0 Å². The standard InChI is InChI=1S/C19H34N2O5/c1-18(2,21(5)15-6-9-24-10-7-15)17(23)20-16-12-14(13-25-16)19(3,4)26-11-8-22/h12,14-15,22H,6-11,13H2,1-5H3,(H,20,23). The number of aliphatic hydroxyl groups excluding tert-OH is 1. The first-order valence-corrected chi connectivity index (χ1v) is 9.40. The van der Waals surface area contributed by atoms with Crippen LogP contribution in [0.25, 0.3) is 0 Å². The number of carbonyl (C=O) groups is 1. The summed E-state index contributed by atoms with van der Waals surface area (Å²) in [6.07, 6.45) is 3.77. The molecule has 0 saturated carbocycles. The molecule has 0 radical (unpaired) electrons. The second-order valence-electron chi connectivity index (χ2n) is 8.09. The average molecular weight is 370 g/mol. The zero-order chi connectivity index (χ0) is 19.4. The first-order chi connectivity index (χ1) is 12.2. The van der Waals surface area contributed by atoms with E-state index in [4.69, 9.17) is 19.3 Å². The highest BCUT2D eigenvalue weighted by molar-refractivity contribution is 5.86.